The quantitative estimate of drug-likeness (QED) is 0.784. The molecule has 0 N–H and O–H groups in total. The van der Waals surface area contributed by atoms with E-state index in [-0.39, 0.29) is 5.92 Å². The molecule has 1 aromatic carbocycles. The van der Waals surface area contributed by atoms with Crippen LogP contribution in [-0.4, -0.2) is 57.8 Å². The number of nitrogens with zero attached hydrogens (tertiary/aromatic N) is 4. The summed E-state index contributed by atoms with van der Waals surface area (Å²) in [4.78, 5) is 24.6. The molecule has 1 amide bonds. The van der Waals surface area contributed by atoms with Gasteiger partial charge in [0, 0.05) is 44.6 Å². The number of fused-ring (bicyclic) bond motifs is 1. The van der Waals surface area contributed by atoms with Gasteiger partial charge in [0.2, 0.25) is 5.91 Å². The average Bonchev–Trinajstić information content (AvgIpc) is 3.24. The smallest absolute Gasteiger partial charge is 0.227 e. The number of aromatic nitrogens is 1. The molecule has 0 bridgehead atoms. The molecular weight excluding hydrogens is 372 g/mol. The van der Waals surface area contributed by atoms with E-state index in [4.69, 9.17) is 0 Å². The van der Waals surface area contributed by atoms with E-state index in [1.165, 1.54) is 29.5 Å². The van der Waals surface area contributed by atoms with Crippen molar-refractivity contribution in [1.82, 2.24) is 19.7 Å². The lowest BCUT2D eigenvalue weighted by Gasteiger charge is -2.42. The molecule has 30 heavy (non-hydrogen) atoms. The Morgan fingerprint density at radius 3 is 2.33 bits per heavy atom. The van der Waals surface area contributed by atoms with Gasteiger partial charge in [-0.1, -0.05) is 24.3 Å². The third-order valence-electron chi connectivity index (χ3n) is 7.18. The lowest BCUT2D eigenvalue weighted by molar-refractivity contribution is -0.138. The van der Waals surface area contributed by atoms with Crippen molar-refractivity contribution in [3.8, 4) is 0 Å². The Bertz CT molecular complexity index is 837. The second-order valence-electron chi connectivity index (χ2n) is 9.16. The number of hydrogen-bond donors (Lipinski definition) is 0. The summed E-state index contributed by atoms with van der Waals surface area (Å²) in [6.07, 6.45) is 8.37. The maximum atomic E-state index is 13.2. The van der Waals surface area contributed by atoms with Crippen molar-refractivity contribution in [3.05, 3.63) is 65.5 Å². The summed E-state index contributed by atoms with van der Waals surface area (Å²) in [7, 11) is 0. The van der Waals surface area contributed by atoms with E-state index in [1.54, 1.807) is 0 Å². The molecule has 0 unspecified atom stereocenters. The number of benzene rings is 1. The van der Waals surface area contributed by atoms with Crippen LogP contribution < -0.4 is 0 Å². The Labute approximate surface area is 179 Å². The molecule has 1 aromatic heterocycles. The van der Waals surface area contributed by atoms with E-state index >= 15 is 0 Å². The van der Waals surface area contributed by atoms with E-state index in [9.17, 15) is 4.79 Å². The first kappa shape index (κ1) is 19.7. The van der Waals surface area contributed by atoms with Gasteiger partial charge in [0.25, 0.3) is 0 Å². The van der Waals surface area contributed by atoms with Crippen LogP contribution in [0.4, 0.5) is 0 Å². The zero-order chi connectivity index (χ0) is 20.3. The Morgan fingerprint density at radius 2 is 1.63 bits per heavy atom. The van der Waals surface area contributed by atoms with Crippen molar-refractivity contribution >= 4 is 5.91 Å². The summed E-state index contributed by atoms with van der Waals surface area (Å²) in [6, 6.07) is 13.3. The van der Waals surface area contributed by atoms with Crippen molar-refractivity contribution in [1.29, 1.82) is 0 Å². The Kier molecular flexibility index (Phi) is 5.82. The zero-order valence-corrected chi connectivity index (χ0v) is 17.7. The molecule has 3 aliphatic rings. The van der Waals surface area contributed by atoms with Gasteiger partial charge in [-0.05, 0) is 74.1 Å². The third kappa shape index (κ3) is 4.28. The predicted octanol–water partition coefficient (Wildman–Crippen LogP) is 3.30. The van der Waals surface area contributed by atoms with E-state index < -0.39 is 0 Å². The summed E-state index contributed by atoms with van der Waals surface area (Å²) < 4.78 is 0. The second kappa shape index (κ2) is 8.86. The van der Waals surface area contributed by atoms with Crippen LogP contribution in [0.15, 0.2) is 48.8 Å². The molecule has 1 atom stereocenters. The highest BCUT2D eigenvalue weighted by atomic mass is 16.2. The number of pyridine rings is 1. The Hall–Kier alpha value is -2.24. The number of rotatable bonds is 4. The van der Waals surface area contributed by atoms with Crippen LogP contribution in [-0.2, 0) is 24.4 Å². The topological polar surface area (TPSA) is 39.7 Å². The zero-order valence-electron chi connectivity index (χ0n) is 17.7. The third-order valence-corrected chi connectivity index (χ3v) is 7.18. The summed E-state index contributed by atoms with van der Waals surface area (Å²) in [5.41, 5.74) is 3.99. The van der Waals surface area contributed by atoms with Gasteiger partial charge in [0.15, 0.2) is 0 Å². The van der Waals surface area contributed by atoms with Crippen molar-refractivity contribution in [2.45, 2.75) is 51.4 Å². The number of carbonyl (C=O) groups excluding carboxylic acids is 1. The van der Waals surface area contributed by atoms with Crippen LogP contribution in [0.1, 0.15) is 42.4 Å². The summed E-state index contributed by atoms with van der Waals surface area (Å²) in [6.45, 7) is 6.98. The fourth-order valence-corrected chi connectivity index (χ4v) is 5.48. The van der Waals surface area contributed by atoms with Crippen LogP contribution in [0.5, 0.6) is 0 Å². The molecule has 5 nitrogen and oxygen atoms in total. The molecule has 5 heteroatoms. The minimum Gasteiger partial charge on any atom is -0.334 e. The van der Waals surface area contributed by atoms with Gasteiger partial charge in [-0.3, -0.25) is 19.6 Å². The molecule has 2 aromatic rings. The molecule has 5 rings (SSSR count). The lowest BCUT2D eigenvalue weighted by atomic mass is 9.92. The number of hydrogen-bond acceptors (Lipinski definition) is 4. The summed E-state index contributed by atoms with van der Waals surface area (Å²) in [5, 5.41) is 0. The van der Waals surface area contributed by atoms with Crippen molar-refractivity contribution in [2.75, 3.05) is 26.2 Å². The molecular formula is C25H32N4O. The lowest BCUT2D eigenvalue weighted by Crippen LogP contribution is -2.50. The molecule has 2 fully saturated rings. The van der Waals surface area contributed by atoms with E-state index in [2.05, 4.69) is 56.1 Å². The normalized spacial score (nSPS) is 23.5. The maximum Gasteiger partial charge on any atom is 0.227 e. The van der Waals surface area contributed by atoms with Gasteiger partial charge in [0.1, 0.15) is 0 Å². The van der Waals surface area contributed by atoms with Gasteiger partial charge in [-0.25, -0.2) is 0 Å². The van der Waals surface area contributed by atoms with E-state index in [0.29, 0.717) is 11.9 Å². The van der Waals surface area contributed by atoms with Crippen molar-refractivity contribution in [2.24, 2.45) is 5.92 Å². The highest BCUT2D eigenvalue weighted by Gasteiger charge is 2.35. The number of carbonyl (C=O) groups is 1. The minimum atomic E-state index is 0.169. The van der Waals surface area contributed by atoms with Crippen LogP contribution in [0.2, 0.25) is 0 Å². The van der Waals surface area contributed by atoms with Crippen LogP contribution in [0.3, 0.4) is 0 Å². The Morgan fingerprint density at radius 1 is 0.933 bits per heavy atom. The summed E-state index contributed by atoms with van der Waals surface area (Å²) in [5.74, 6) is 0.536. The standard InChI is InChI=1S/C25H32N4O/c30-25(29-17-21-4-1-2-5-22(21)18-29)23-6-3-13-28(19-23)24-9-14-27(15-10-24)16-20-7-11-26-12-8-20/h1-2,4-5,7-8,11-12,23-24H,3,6,9-10,13-19H2/t23-/m1/s1. The summed E-state index contributed by atoms with van der Waals surface area (Å²) >= 11 is 0. The SMILES string of the molecule is O=C([C@@H]1CCCN(C2CCN(Cc3ccncc3)CC2)C1)N1Cc2ccccc2C1. The van der Waals surface area contributed by atoms with Crippen LogP contribution in [0.25, 0.3) is 0 Å². The maximum absolute atomic E-state index is 13.2. The van der Waals surface area contributed by atoms with Gasteiger partial charge in [-0.2, -0.15) is 0 Å². The average molecular weight is 405 g/mol. The van der Waals surface area contributed by atoms with Crippen molar-refractivity contribution < 1.29 is 4.79 Å². The number of piperidine rings is 2. The monoisotopic (exact) mass is 404 g/mol. The molecule has 4 heterocycles. The molecule has 0 aliphatic carbocycles. The van der Waals surface area contributed by atoms with E-state index in [0.717, 1.165) is 58.7 Å². The molecule has 158 valence electrons. The fourth-order valence-electron chi connectivity index (χ4n) is 5.48. The van der Waals surface area contributed by atoms with Crippen LogP contribution >= 0.6 is 0 Å². The van der Waals surface area contributed by atoms with Gasteiger partial charge in [0.05, 0.1) is 5.92 Å². The first-order valence-electron chi connectivity index (χ1n) is 11.5. The van der Waals surface area contributed by atoms with Gasteiger partial charge < -0.3 is 4.90 Å². The first-order chi connectivity index (χ1) is 14.8. The molecule has 0 spiro atoms. The Balaban J connectivity index is 1.13. The second-order valence-corrected chi connectivity index (χ2v) is 9.16. The molecule has 0 radical (unpaired) electrons. The minimum absolute atomic E-state index is 0.169. The molecule has 0 saturated carbocycles. The fraction of sp³-hybridized carbons (Fsp3) is 0.520. The van der Waals surface area contributed by atoms with Crippen LogP contribution in [0, 0.1) is 5.92 Å². The van der Waals surface area contributed by atoms with Crippen molar-refractivity contribution in [3.63, 3.8) is 0 Å². The molecule has 3 aliphatic heterocycles. The van der Waals surface area contributed by atoms with Gasteiger partial charge >= 0.3 is 0 Å². The molecule has 2 saturated heterocycles. The highest BCUT2D eigenvalue weighted by Crippen LogP contribution is 2.29. The predicted molar refractivity (Wildman–Crippen MR) is 118 cm³/mol. The first-order valence-corrected chi connectivity index (χ1v) is 11.5. The van der Waals surface area contributed by atoms with Gasteiger partial charge in [-0.15, -0.1) is 0 Å². The number of amides is 1. The van der Waals surface area contributed by atoms with E-state index in [1.807, 2.05) is 12.4 Å². The highest BCUT2D eigenvalue weighted by molar-refractivity contribution is 5.80. The number of likely N-dealkylation sites (tertiary alicyclic amines) is 2. The largest absolute Gasteiger partial charge is 0.334 e.